The molecule has 1 fully saturated rings. The topological polar surface area (TPSA) is 35.2 Å². The van der Waals surface area contributed by atoms with E-state index in [9.17, 15) is 4.79 Å². The molecule has 96 valence electrons. The molecular formula is C13H24N2O2+2. The van der Waals surface area contributed by atoms with E-state index >= 15 is 0 Å². The monoisotopic (exact) mass is 240 g/mol. The second-order valence-electron chi connectivity index (χ2n) is 4.71. The van der Waals surface area contributed by atoms with Gasteiger partial charge in [-0.25, -0.2) is 0 Å². The van der Waals surface area contributed by atoms with Gasteiger partial charge in [0, 0.05) is 6.92 Å². The maximum atomic E-state index is 10.8. The van der Waals surface area contributed by atoms with Crippen molar-refractivity contribution in [2.45, 2.75) is 26.4 Å². The van der Waals surface area contributed by atoms with E-state index in [1.54, 1.807) is 9.80 Å². The molecule has 0 saturated carbocycles. The molecule has 1 rings (SSSR count). The molecule has 0 aliphatic carbocycles. The van der Waals surface area contributed by atoms with Gasteiger partial charge in [0.15, 0.2) is 6.10 Å². The van der Waals surface area contributed by atoms with Crippen LogP contribution in [0.1, 0.15) is 20.3 Å². The molecule has 0 aromatic rings. The van der Waals surface area contributed by atoms with Crippen molar-refractivity contribution in [3.63, 3.8) is 0 Å². The van der Waals surface area contributed by atoms with Crippen molar-refractivity contribution in [1.82, 2.24) is 0 Å². The summed E-state index contributed by atoms with van der Waals surface area (Å²) < 4.78 is 5.08. The third-order valence-electron chi connectivity index (χ3n) is 3.09. The largest absolute Gasteiger partial charge is 0.449 e. The summed E-state index contributed by atoms with van der Waals surface area (Å²) in [5.41, 5.74) is 0. The molecule has 2 N–H and O–H groups in total. The summed E-state index contributed by atoms with van der Waals surface area (Å²) in [5, 5.41) is 0. The van der Waals surface area contributed by atoms with Crippen molar-refractivity contribution in [1.29, 1.82) is 0 Å². The van der Waals surface area contributed by atoms with Gasteiger partial charge in [-0.15, -0.1) is 0 Å². The molecule has 1 saturated heterocycles. The van der Waals surface area contributed by atoms with Gasteiger partial charge >= 0.3 is 5.97 Å². The summed E-state index contributed by atoms with van der Waals surface area (Å²) in [7, 11) is 2.23. The predicted octanol–water partition coefficient (Wildman–Crippen LogP) is -2.26. The van der Waals surface area contributed by atoms with E-state index in [4.69, 9.17) is 4.74 Å². The van der Waals surface area contributed by atoms with E-state index < -0.39 is 0 Å². The van der Waals surface area contributed by atoms with Gasteiger partial charge in [-0.05, 0) is 12.3 Å². The Labute approximate surface area is 104 Å². The Morgan fingerprint density at radius 2 is 2.00 bits per heavy atom. The minimum atomic E-state index is -0.248. The third kappa shape index (κ3) is 5.71. The number of piperazine rings is 1. The molecule has 0 bridgehead atoms. The number of esters is 1. The number of nitrogens with one attached hydrogen (secondary N) is 2. The number of likely N-dealkylation sites (N-methyl/N-ethyl adjacent to an activating group) is 1. The lowest BCUT2D eigenvalue weighted by atomic mass is 10.2. The first-order valence-corrected chi connectivity index (χ1v) is 6.42. The van der Waals surface area contributed by atoms with Crippen LogP contribution in [0.4, 0.5) is 0 Å². The van der Waals surface area contributed by atoms with E-state index in [2.05, 4.69) is 18.9 Å². The molecule has 17 heavy (non-hydrogen) atoms. The van der Waals surface area contributed by atoms with E-state index in [1.165, 1.54) is 33.1 Å². The fourth-order valence-electron chi connectivity index (χ4n) is 1.91. The zero-order chi connectivity index (χ0) is 12.7. The van der Waals surface area contributed by atoms with Crippen LogP contribution in [0.25, 0.3) is 0 Å². The summed E-state index contributed by atoms with van der Waals surface area (Å²) in [6.07, 6.45) is 0.527. The molecule has 4 heteroatoms. The molecule has 0 aromatic carbocycles. The molecule has 0 radical (unpaired) electrons. The van der Waals surface area contributed by atoms with Gasteiger partial charge in [-0.1, -0.05) is 12.8 Å². The lowest BCUT2D eigenvalue weighted by molar-refractivity contribution is -1.000. The first-order chi connectivity index (χ1) is 8.11. The lowest BCUT2D eigenvalue weighted by Crippen LogP contribution is -3.26. The van der Waals surface area contributed by atoms with Crippen LogP contribution in [0.5, 0.6) is 0 Å². The molecule has 4 nitrogen and oxygen atoms in total. The quantitative estimate of drug-likeness (QED) is 0.432. The number of hydrogen-bond acceptors (Lipinski definition) is 2. The van der Waals surface area contributed by atoms with Crippen LogP contribution in [0.3, 0.4) is 0 Å². The highest BCUT2D eigenvalue weighted by Crippen LogP contribution is 1.95. The van der Waals surface area contributed by atoms with Crippen LogP contribution in [0, 0.1) is 11.8 Å². The normalized spacial score (nSPS) is 25.6. The predicted molar refractivity (Wildman–Crippen MR) is 65.8 cm³/mol. The van der Waals surface area contributed by atoms with Gasteiger partial charge < -0.3 is 14.5 Å². The Hall–Kier alpha value is -1.05. The van der Waals surface area contributed by atoms with Crippen LogP contribution >= 0.6 is 0 Å². The second kappa shape index (κ2) is 7.31. The summed E-state index contributed by atoms with van der Waals surface area (Å²) in [6, 6.07) is 0. The fraction of sp³-hybridized carbons (Fsp3) is 0.769. The Bertz CT molecular complexity index is 298. The zero-order valence-corrected chi connectivity index (χ0v) is 11.1. The van der Waals surface area contributed by atoms with Crippen LogP contribution < -0.4 is 9.80 Å². The molecular weight excluding hydrogens is 216 g/mol. The number of carbonyl (C=O) groups is 1. The van der Waals surface area contributed by atoms with E-state index in [0.29, 0.717) is 0 Å². The van der Waals surface area contributed by atoms with Crippen molar-refractivity contribution in [3.8, 4) is 11.8 Å². The third-order valence-corrected chi connectivity index (χ3v) is 3.09. The Balaban J connectivity index is 2.31. The highest BCUT2D eigenvalue weighted by molar-refractivity contribution is 5.66. The molecule has 0 amide bonds. The smallest absolute Gasteiger partial charge is 0.303 e. The van der Waals surface area contributed by atoms with E-state index in [-0.39, 0.29) is 12.1 Å². The van der Waals surface area contributed by atoms with Gasteiger partial charge in [-0.3, -0.25) is 4.79 Å². The molecule has 1 aliphatic heterocycles. The number of ether oxygens (including phenoxy) is 1. The molecule has 0 unspecified atom stereocenters. The maximum Gasteiger partial charge on any atom is 0.303 e. The number of quaternary nitrogens is 2. The minimum Gasteiger partial charge on any atom is -0.449 e. The van der Waals surface area contributed by atoms with Crippen molar-refractivity contribution >= 4 is 5.97 Å². The minimum absolute atomic E-state index is 0.231. The van der Waals surface area contributed by atoms with E-state index in [0.717, 1.165) is 13.0 Å². The standard InChI is InChI=1S/C13H22N2O2/c1-4-13(17-12(2)16)6-5-7-15-10-8-14(3)9-11-15/h13H,4,7-11H2,1-3H3/p+2/t13-/m1/s1. The zero-order valence-electron chi connectivity index (χ0n) is 11.1. The van der Waals surface area contributed by atoms with Gasteiger partial charge in [0.2, 0.25) is 0 Å². The molecule has 0 aromatic heterocycles. The number of hydrogen-bond donors (Lipinski definition) is 2. The Kier molecular flexibility index (Phi) is 6.03. The van der Waals surface area contributed by atoms with E-state index in [1.807, 2.05) is 6.92 Å². The van der Waals surface area contributed by atoms with Crippen LogP contribution in [-0.4, -0.2) is 51.8 Å². The van der Waals surface area contributed by atoms with Crippen LogP contribution in [0.15, 0.2) is 0 Å². The average Bonchev–Trinajstić information content (AvgIpc) is 2.30. The number of rotatable bonds is 3. The van der Waals surface area contributed by atoms with Gasteiger partial charge in [0.25, 0.3) is 0 Å². The molecule has 1 atom stereocenters. The van der Waals surface area contributed by atoms with Gasteiger partial charge in [-0.2, -0.15) is 0 Å². The SMILES string of the molecule is CC[C@H](C#CC[NH+]1CC[NH+](C)CC1)OC(C)=O. The summed E-state index contributed by atoms with van der Waals surface area (Å²) in [6.45, 7) is 9.09. The summed E-state index contributed by atoms with van der Waals surface area (Å²) in [4.78, 5) is 14.0. The van der Waals surface area contributed by atoms with Crippen molar-refractivity contribution < 1.29 is 19.3 Å². The maximum absolute atomic E-state index is 10.8. The summed E-state index contributed by atoms with van der Waals surface area (Å²) >= 11 is 0. The highest BCUT2D eigenvalue weighted by atomic mass is 16.5. The Morgan fingerprint density at radius 3 is 2.53 bits per heavy atom. The molecule has 1 heterocycles. The molecule has 0 spiro atoms. The van der Waals surface area contributed by atoms with Crippen molar-refractivity contribution in [2.75, 3.05) is 39.8 Å². The van der Waals surface area contributed by atoms with Crippen molar-refractivity contribution in [2.24, 2.45) is 0 Å². The summed E-state index contributed by atoms with van der Waals surface area (Å²) in [5.74, 6) is 5.94. The van der Waals surface area contributed by atoms with Crippen LogP contribution in [0.2, 0.25) is 0 Å². The highest BCUT2D eigenvalue weighted by Gasteiger charge is 2.18. The first-order valence-electron chi connectivity index (χ1n) is 6.42. The van der Waals surface area contributed by atoms with Gasteiger partial charge in [0.05, 0.1) is 7.05 Å². The number of carbonyl (C=O) groups excluding carboxylic acids is 1. The first kappa shape index (κ1) is 14.0. The van der Waals surface area contributed by atoms with Gasteiger partial charge in [0.1, 0.15) is 32.7 Å². The van der Waals surface area contributed by atoms with Crippen LogP contribution in [-0.2, 0) is 9.53 Å². The Morgan fingerprint density at radius 1 is 1.35 bits per heavy atom. The lowest BCUT2D eigenvalue weighted by Gasteiger charge is -2.25. The second-order valence-corrected chi connectivity index (χ2v) is 4.71. The molecule has 1 aliphatic rings. The van der Waals surface area contributed by atoms with Crippen molar-refractivity contribution in [3.05, 3.63) is 0 Å². The fourth-order valence-corrected chi connectivity index (χ4v) is 1.91. The average molecular weight is 240 g/mol.